The Labute approximate surface area is 91.1 Å². The Bertz CT molecular complexity index is 491. The number of aromatic nitrogens is 1. The van der Waals surface area contributed by atoms with Crippen LogP contribution in [0.2, 0.25) is 0 Å². The molecule has 0 amide bonds. The number of hydrogen-bond acceptors (Lipinski definition) is 1. The fourth-order valence-corrected chi connectivity index (χ4v) is 1.48. The Kier molecular flexibility index (Phi) is 2.81. The number of carbonyl (C=O) groups is 1. The molecule has 0 bridgehead atoms. The van der Waals surface area contributed by atoms with Crippen LogP contribution < -0.4 is 0 Å². The molecule has 0 aliphatic rings. The molecule has 0 saturated carbocycles. The second-order valence-electron chi connectivity index (χ2n) is 3.27. The molecule has 1 aromatic carbocycles. The van der Waals surface area contributed by atoms with Crippen LogP contribution in [0.4, 0.5) is 8.78 Å². The number of carbonyl (C=O) groups excluding carboxylic acids is 1. The first-order valence-electron chi connectivity index (χ1n) is 4.75. The van der Waals surface area contributed by atoms with Crippen molar-refractivity contribution in [2.24, 2.45) is 0 Å². The van der Waals surface area contributed by atoms with Gasteiger partial charge < -0.3 is 0 Å². The maximum absolute atomic E-state index is 12.6. The SMILES string of the molecule is O=C(c1ccccc1)n1cccc1C(F)F. The number of nitrogens with zero attached hydrogens (tertiary/aromatic N) is 1. The maximum atomic E-state index is 12.6. The second kappa shape index (κ2) is 4.26. The van der Waals surface area contributed by atoms with Crippen molar-refractivity contribution in [2.45, 2.75) is 6.43 Å². The van der Waals surface area contributed by atoms with Gasteiger partial charge in [-0.25, -0.2) is 8.78 Å². The van der Waals surface area contributed by atoms with Crippen LogP contribution in [0.3, 0.4) is 0 Å². The lowest BCUT2D eigenvalue weighted by Crippen LogP contribution is -2.13. The molecule has 0 fully saturated rings. The lowest BCUT2D eigenvalue weighted by Gasteiger charge is -2.06. The third kappa shape index (κ3) is 1.86. The van der Waals surface area contributed by atoms with Crippen LogP contribution in [0.1, 0.15) is 22.5 Å². The summed E-state index contributed by atoms with van der Waals surface area (Å²) in [5, 5.41) is 0. The predicted octanol–water partition coefficient (Wildman–Crippen LogP) is 3.11. The van der Waals surface area contributed by atoms with Gasteiger partial charge in [-0.05, 0) is 24.3 Å². The summed E-state index contributed by atoms with van der Waals surface area (Å²) in [5.41, 5.74) is 0.106. The molecule has 0 aliphatic carbocycles. The van der Waals surface area contributed by atoms with E-state index in [1.165, 1.54) is 18.3 Å². The molecule has 0 aliphatic heterocycles. The molecular formula is C12H9F2NO. The van der Waals surface area contributed by atoms with Crippen LogP contribution in [0.15, 0.2) is 48.7 Å². The molecule has 1 heterocycles. The van der Waals surface area contributed by atoms with Gasteiger partial charge in [0.05, 0.1) is 5.69 Å². The van der Waals surface area contributed by atoms with Gasteiger partial charge in [0.15, 0.2) is 0 Å². The van der Waals surface area contributed by atoms with E-state index in [0.717, 1.165) is 4.57 Å². The largest absolute Gasteiger partial charge is 0.282 e. The first-order valence-corrected chi connectivity index (χ1v) is 4.75. The second-order valence-corrected chi connectivity index (χ2v) is 3.27. The first kappa shape index (κ1) is 10.5. The molecule has 0 saturated heterocycles. The molecule has 2 aromatic rings. The predicted molar refractivity (Wildman–Crippen MR) is 55.6 cm³/mol. The van der Waals surface area contributed by atoms with Gasteiger partial charge in [-0.15, -0.1) is 0 Å². The van der Waals surface area contributed by atoms with Crippen molar-refractivity contribution >= 4 is 5.91 Å². The molecule has 0 spiro atoms. The van der Waals surface area contributed by atoms with Crippen molar-refractivity contribution in [3.8, 4) is 0 Å². The van der Waals surface area contributed by atoms with E-state index in [9.17, 15) is 13.6 Å². The molecular weight excluding hydrogens is 212 g/mol. The highest BCUT2D eigenvalue weighted by atomic mass is 19.3. The van der Waals surface area contributed by atoms with Gasteiger partial charge in [-0.3, -0.25) is 9.36 Å². The van der Waals surface area contributed by atoms with E-state index in [-0.39, 0.29) is 5.69 Å². The summed E-state index contributed by atoms with van der Waals surface area (Å²) >= 11 is 0. The zero-order valence-corrected chi connectivity index (χ0v) is 8.31. The van der Waals surface area contributed by atoms with E-state index in [1.54, 1.807) is 30.3 Å². The zero-order chi connectivity index (χ0) is 11.5. The van der Waals surface area contributed by atoms with Crippen molar-refractivity contribution in [1.29, 1.82) is 0 Å². The van der Waals surface area contributed by atoms with Gasteiger partial charge in [0.25, 0.3) is 12.3 Å². The fraction of sp³-hybridized carbons (Fsp3) is 0.0833. The third-order valence-corrected chi connectivity index (χ3v) is 2.24. The third-order valence-electron chi connectivity index (χ3n) is 2.24. The first-order chi connectivity index (χ1) is 7.70. The molecule has 1 aromatic heterocycles. The minimum Gasteiger partial charge on any atom is -0.282 e. The summed E-state index contributed by atoms with van der Waals surface area (Å²) in [7, 11) is 0. The highest BCUT2D eigenvalue weighted by Crippen LogP contribution is 2.20. The van der Waals surface area contributed by atoms with Crippen molar-refractivity contribution in [3.63, 3.8) is 0 Å². The Balaban J connectivity index is 2.39. The van der Waals surface area contributed by atoms with Crippen molar-refractivity contribution in [1.82, 2.24) is 4.57 Å². The Morgan fingerprint density at radius 2 is 1.75 bits per heavy atom. The molecule has 16 heavy (non-hydrogen) atoms. The quantitative estimate of drug-likeness (QED) is 0.763. The Hall–Kier alpha value is -1.97. The summed E-state index contributed by atoms with van der Waals surface area (Å²) in [6.07, 6.45) is -1.31. The average molecular weight is 221 g/mol. The minimum atomic E-state index is -2.65. The number of benzene rings is 1. The lowest BCUT2D eigenvalue weighted by atomic mass is 10.2. The summed E-state index contributed by atoms with van der Waals surface area (Å²) in [6, 6.07) is 11.0. The van der Waals surface area contributed by atoms with Crippen LogP contribution in [-0.4, -0.2) is 10.5 Å². The minimum absolute atomic E-state index is 0.283. The van der Waals surface area contributed by atoms with Crippen LogP contribution in [0.25, 0.3) is 0 Å². The maximum Gasteiger partial charge on any atom is 0.278 e. The zero-order valence-electron chi connectivity index (χ0n) is 8.31. The molecule has 0 radical (unpaired) electrons. The summed E-state index contributed by atoms with van der Waals surface area (Å²) in [6.45, 7) is 0. The Morgan fingerprint density at radius 1 is 1.06 bits per heavy atom. The van der Waals surface area contributed by atoms with Gasteiger partial charge in [0.1, 0.15) is 0 Å². The standard InChI is InChI=1S/C12H9F2NO/c13-11(14)10-7-4-8-15(10)12(16)9-5-2-1-3-6-9/h1-8,11H. The van der Waals surface area contributed by atoms with Crippen LogP contribution in [0, 0.1) is 0 Å². The van der Waals surface area contributed by atoms with Gasteiger partial charge in [0, 0.05) is 11.8 Å². The number of halogens is 2. The van der Waals surface area contributed by atoms with Crippen molar-refractivity contribution < 1.29 is 13.6 Å². The fourth-order valence-electron chi connectivity index (χ4n) is 1.48. The normalized spacial score (nSPS) is 10.7. The van der Waals surface area contributed by atoms with Crippen LogP contribution in [-0.2, 0) is 0 Å². The molecule has 0 N–H and O–H groups in total. The van der Waals surface area contributed by atoms with E-state index in [1.807, 2.05) is 0 Å². The van der Waals surface area contributed by atoms with Gasteiger partial charge in [-0.2, -0.15) is 0 Å². The molecule has 82 valence electrons. The van der Waals surface area contributed by atoms with E-state index in [0.29, 0.717) is 5.56 Å². The highest BCUT2D eigenvalue weighted by Gasteiger charge is 2.17. The summed E-state index contributed by atoms with van der Waals surface area (Å²) in [4.78, 5) is 11.9. The van der Waals surface area contributed by atoms with Gasteiger partial charge in [0.2, 0.25) is 0 Å². The van der Waals surface area contributed by atoms with E-state index >= 15 is 0 Å². The van der Waals surface area contributed by atoms with E-state index in [4.69, 9.17) is 0 Å². The molecule has 2 rings (SSSR count). The molecule has 4 heteroatoms. The van der Waals surface area contributed by atoms with Crippen LogP contribution >= 0.6 is 0 Å². The summed E-state index contributed by atoms with van der Waals surface area (Å²) < 4.78 is 26.1. The summed E-state index contributed by atoms with van der Waals surface area (Å²) in [5.74, 6) is -0.444. The van der Waals surface area contributed by atoms with Gasteiger partial charge in [-0.1, -0.05) is 18.2 Å². The monoisotopic (exact) mass is 221 g/mol. The van der Waals surface area contributed by atoms with E-state index < -0.39 is 12.3 Å². The van der Waals surface area contributed by atoms with E-state index in [2.05, 4.69) is 0 Å². The Morgan fingerprint density at radius 3 is 2.38 bits per heavy atom. The average Bonchev–Trinajstić information content (AvgIpc) is 2.78. The van der Waals surface area contributed by atoms with Crippen LogP contribution in [0.5, 0.6) is 0 Å². The number of rotatable bonds is 2. The van der Waals surface area contributed by atoms with Gasteiger partial charge >= 0.3 is 0 Å². The smallest absolute Gasteiger partial charge is 0.278 e. The van der Waals surface area contributed by atoms with Crippen molar-refractivity contribution in [3.05, 3.63) is 59.9 Å². The molecule has 2 nitrogen and oxygen atoms in total. The molecule has 0 atom stereocenters. The molecule has 0 unspecified atom stereocenters. The topological polar surface area (TPSA) is 22.0 Å². The highest BCUT2D eigenvalue weighted by molar-refractivity contribution is 5.96. The lowest BCUT2D eigenvalue weighted by molar-refractivity contribution is 0.0919. The number of alkyl halides is 2. The van der Waals surface area contributed by atoms with Crippen molar-refractivity contribution in [2.75, 3.05) is 0 Å². The number of hydrogen-bond donors (Lipinski definition) is 0.